The highest BCUT2D eigenvalue weighted by atomic mass is 35.5. The Bertz CT molecular complexity index is 874. The Labute approximate surface area is 198 Å². The second-order valence-electron chi connectivity index (χ2n) is 6.70. The molecule has 0 unspecified atom stereocenters. The van der Waals surface area contributed by atoms with Gasteiger partial charge in [-0.05, 0) is 42.8 Å². The highest BCUT2D eigenvalue weighted by molar-refractivity contribution is 6.31. The number of amides is 1. The van der Waals surface area contributed by atoms with Crippen LogP contribution in [0.4, 0.5) is 18.9 Å². The number of methoxy groups -OCH3 is 1. The van der Waals surface area contributed by atoms with Gasteiger partial charge in [0.05, 0.1) is 30.9 Å². The molecule has 0 saturated carbocycles. The molecule has 0 spiro atoms. The van der Waals surface area contributed by atoms with Crippen molar-refractivity contribution in [1.29, 1.82) is 0 Å². The third kappa shape index (κ3) is 10.5. The van der Waals surface area contributed by atoms with Crippen LogP contribution in [0.3, 0.4) is 0 Å². The fraction of sp³-hybridized carbons (Fsp3) is 0.458. The van der Waals surface area contributed by atoms with Crippen LogP contribution in [0.25, 0.3) is 0 Å². The lowest BCUT2D eigenvalue weighted by Gasteiger charge is -2.14. The van der Waals surface area contributed by atoms with Gasteiger partial charge in [0.25, 0.3) is 5.91 Å². The lowest BCUT2D eigenvalue weighted by Crippen LogP contribution is -2.15. The number of aromatic hydroxyl groups is 1. The van der Waals surface area contributed by atoms with Crippen molar-refractivity contribution in [3.8, 4) is 5.75 Å². The molecular formula is C24H33ClF3NO4. The number of anilines is 1. The third-order valence-corrected chi connectivity index (χ3v) is 4.11. The third-order valence-electron chi connectivity index (χ3n) is 3.89. The number of hydrogen-bond acceptors (Lipinski definition) is 4. The normalized spacial score (nSPS) is 10.5. The topological polar surface area (TPSA) is 67.8 Å². The van der Waals surface area contributed by atoms with E-state index in [1.54, 1.807) is 0 Å². The Morgan fingerprint density at radius 1 is 1.12 bits per heavy atom. The number of nitrogens with one attached hydrogen (secondary N) is 1. The minimum Gasteiger partial charge on any atom is -0.507 e. The first-order chi connectivity index (χ1) is 15.5. The van der Waals surface area contributed by atoms with Crippen molar-refractivity contribution >= 4 is 23.2 Å². The fourth-order valence-electron chi connectivity index (χ4n) is 2.43. The number of hydrogen-bond donors (Lipinski definition) is 2. The molecule has 0 aromatic heterocycles. The molecule has 0 saturated heterocycles. The number of alkyl halides is 3. The molecule has 0 atom stereocenters. The molecule has 2 N–H and O–H groups in total. The van der Waals surface area contributed by atoms with Gasteiger partial charge in [-0.3, -0.25) is 4.79 Å². The Morgan fingerprint density at radius 2 is 1.73 bits per heavy atom. The smallest absolute Gasteiger partial charge is 0.416 e. The summed E-state index contributed by atoms with van der Waals surface area (Å²) in [5, 5.41) is 13.1. The van der Waals surface area contributed by atoms with Gasteiger partial charge in [0.2, 0.25) is 0 Å². The summed E-state index contributed by atoms with van der Waals surface area (Å²) in [4.78, 5) is 12.5. The van der Waals surface area contributed by atoms with Gasteiger partial charge >= 0.3 is 6.18 Å². The number of aryl methyl sites for hydroxylation is 1. The van der Waals surface area contributed by atoms with Gasteiger partial charge in [-0.15, -0.1) is 0 Å². The highest BCUT2D eigenvalue weighted by Crippen LogP contribution is 2.33. The predicted octanol–water partition coefficient (Wildman–Crippen LogP) is 7.23. The van der Waals surface area contributed by atoms with Crippen LogP contribution >= 0.6 is 11.6 Å². The molecular weight excluding hydrogens is 459 g/mol. The van der Waals surface area contributed by atoms with Crippen LogP contribution in [-0.2, 0) is 22.3 Å². The van der Waals surface area contributed by atoms with E-state index in [0.717, 1.165) is 18.2 Å². The summed E-state index contributed by atoms with van der Waals surface area (Å²) in [6, 6.07) is 5.69. The van der Waals surface area contributed by atoms with Crippen molar-refractivity contribution in [2.24, 2.45) is 0 Å². The second-order valence-corrected chi connectivity index (χ2v) is 7.13. The zero-order chi connectivity index (χ0) is 25.6. The number of ether oxygens (including phenoxy) is 2. The van der Waals surface area contributed by atoms with E-state index in [2.05, 4.69) is 19.2 Å². The number of carbonyl (C=O) groups excluding carboxylic acids is 1. The van der Waals surface area contributed by atoms with E-state index in [9.17, 15) is 23.1 Å². The molecule has 0 fully saturated rings. The minimum atomic E-state index is -4.48. The zero-order valence-corrected chi connectivity index (χ0v) is 20.7. The number of halogens is 4. The fourth-order valence-corrected chi connectivity index (χ4v) is 2.67. The van der Waals surface area contributed by atoms with E-state index in [-0.39, 0.29) is 40.8 Å². The van der Waals surface area contributed by atoms with Crippen LogP contribution in [0.15, 0.2) is 30.3 Å². The maximum absolute atomic E-state index is 12.8. The van der Waals surface area contributed by atoms with E-state index in [0.29, 0.717) is 12.2 Å². The summed E-state index contributed by atoms with van der Waals surface area (Å²) in [7, 11) is 1.52. The number of phenols is 1. The molecule has 9 heteroatoms. The molecule has 5 nitrogen and oxygen atoms in total. The van der Waals surface area contributed by atoms with E-state index >= 15 is 0 Å². The molecule has 2 aromatic rings. The first-order valence-corrected chi connectivity index (χ1v) is 11.0. The van der Waals surface area contributed by atoms with Gasteiger partial charge in [-0.1, -0.05) is 45.7 Å². The second kappa shape index (κ2) is 15.5. The van der Waals surface area contributed by atoms with E-state index in [1.165, 1.54) is 32.6 Å². The number of rotatable bonds is 7. The van der Waals surface area contributed by atoms with Crippen LogP contribution in [0, 0.1) is 6.92 Å². The Balaban J connectivity index is 0.00000189. The summed E-state index contributed by atoms with van der Waals surface area (Å²) < 4.78 is 48.5. The van der Waals surface area contributed by atoms with Crippen LogP contribution in [0.1, 0.15) is 61.2 Å². The molecule has 0 aliphatic carbocycles. The van der Waals surface area contributed by atoms with Gasteiger partial charge in [-0.2, -0.15) is 13.2 Å². The quantitative estimate of drug-likeness (QED) is 0.401. The highest BCUT2D eigenvalue weighted by Gasteiger charge is 2.30. The summed E-state index contributed by atoms with van der Waals surface area (Å²) in [5.74, 6) is -1.02. The van der Waals surface area contributed by atoms with E-state index in [4.69, 9.17) is 21.1 Å². The van der Waals surface area contributed by atoms with Gasteiger partial charge in [0.1, 0.15) is 5.75 Å². The largest absolute Gasteiger partial charge is 0.507 e. The van der Waals surface area contributed by atoms with Crippen molar-refractivity contribution in [1.82, 2.24) is 0 Å². The van der Waals surface area contributed by atoms with Crippen molar-refractivity contribution in [3.05, 3.63) is 57.6 Å². The number of phenolic OH excluding ortho intramolecular Hbond substituents is 1. The average Bonchev–Trinajstić information content (AvgIpc) is 2.76. The Morgan fingerprint density at radius 3 is 2.24 bits per heavy atom. The SMILES string of the molecule is CC.CCC.COCCOCc1cc(Cl)cc(C(=O)Nc2ccc(C(F)(F)F)cc2C)c1O. The lowest BCUT2D eigenvalue weighted by molar-refractivity contribution is -0.137. The summed E-state index contributed by atoms with van der Waals surface area (Å²) >= 11 is 6.01. The molecule has 0 radical (unpaired) electrons. The van der Waals surface area contributed by atoms with Crippen molar-refractivity contribution in [3.63, 3.8) is 0 Å². The van der Waals surface area contributed by atoms with Crippen LogP contribution < -0.4 is 5.32 Å². The zero-order valence-electron chi connectivity index (χ0n) is 19.9. The molecule has 33 heavy (non-hydrogen) atoms. The van der Waals surface area contributed by atoms with Crippen LogP contribution in [-0.4, -0.2) is 31.3 Å². The number of carbonyl (C=O) groups is 1. The molecule has 186 valence electrons. The first-order valence-electron chi connectivity index (χ1n) is 10.6. The van der Waals surface area contributed by atoms with E-state index < -0.39 is 17.6 Å². The van der Waals surface area contributed by atoms with Crippen LogP contribution in [0.2, 0.25) is 5.02 Å². The van der Waals surface area contributed by atoms with Crippen molar-refractivity contribution < 1.29 is 32.5 Å². The average molecular weight is 492 g/mol. The minimum absolute atomic E-state index is 0.00927. The van der Waals surface area contributed by atoms with E-state index in [1.807, 2.05) is 13.8 Å². The Kier molecular flexibility index (Phi) is 14.5. The summed E-state index contributed by atoms with van der Waals surface area (Å²) in [6.07, 6.45) is -3.23. The van der Waals surface area contributed by atoms with Gasteiger partial charge < -0.3 is 19.9 Å². The maximum Gasteiger partial charge on any atom is 0.416 e. The van der Waals surface area contributed by atoms with Crippen molar-refractivity contribution in [2.45, 2.75) is 53.8 Å². The summed E-state index contributed by atoms with van der Waals surface area (Å²) in [5.41, 5.74) is -0.206. The predicted molar refractivity (Wildman–Crippen MR) is 126 cm³/mol. The monoisotopic (exact) mass is 491 g/mol. The first kappa shape index (κ1) is 30.7. The molecule has 2 aromatic carbocycles. The maximum atomic E-state index is 12.8. The molecule has 0 heterocycles. The molecule has 1 amide bonds. The molecule has 0 bridgehead atoms. The Hall–Kier alpha value is -2.29. The molecule has 0 aliphatic heterocycles. The number of benzene rings is 2. The van der Waals surface area contributed by atoms with Gasteiger partial charge in [0, 0.05) is 23.4 Å². The molecule has 0 aliphatic rings. The van der Waals surface area contributed by atoms with Gasteiger partial charge in [-0.25, -0.2) is 0 Å². The summed E-state index contributed by atoms with van der Waals surface area (Å²) in [6.45, 7) is 10.4. The standard InChI is InChI=1S/C19H19ClF3NO4.C3H8.C2H6/c1-11-7-13(19(21,22)23)3-4-16(11)24-18(26)15-9-14(20)8-12(17(15)25)10-28-6-5-27-2;1-3-2;1-2/h3-4,7-9,25H,5-6,10H2,1-2H3,(H,24,26);3H2,1-2H3;1-2H3. The van der Waals surface area contributed by atoms with Crippen molar-refractivity contribution in [2.75, 3.05) is 25.6 Å². The van der Waals surface area contributed by atoms with Crippen LogP contribution in [0.5, 0.6) is 5.75 Å². The molecule has 2 rings (SSSR count). The lowest BCUT2D eigenvalue weighted by atomic mass is 10.1. The van der Waals surface area contributed by atoms with Gasteiger partial charge in [0.15, 0.2) is 0 Å².